The third kappa shape index (κ3) is 1.94. The van der Waals surface area contributed by atoms with Gasteiger partial charge in [0.25, 0.3) is 0 Å². The first-order chi connectivity index (χ1) is 8.24. The Bertz CT molecular complexity index is 538. The highest BCUT2D eigenvalue weighted by molar-refractivity contribution is 7.09. The molecule has 88 valence electrons. The number of rotatable bonds is 1. The SMILES string of the molecule is Cc1csc(C2C[C@@H](O)c3ccccc3O2)n1. The highest BCUT2D eigenvalue weighted by atomic mass is 32.1. The van der Waals surface area contributed by atoms with E-state index in [1.165, 1.54) is 0 Å². The van der Waals surface area contributed by atoms with E-state index in [2.05, 4.69) is 4.98 Å². The topological polar surface area (TPSA) is 42.4 Å². The molecule has 0 fully saturated rings. The number of fused-ring (bicyclic) bond motifs is 1. The maximum atomic E-state index is 10.1. The maximum Gasteiger partial charge on any atom is 0.153 e. The van der Waals surface area contributed by atoms with Crippen molar-refractivity contribution < 1.29 is 9.84 Å². The summed E-state index contributed by atoms with van der Waals surface area (Å²) in [6, 6.07) is 7.63. The first kappa shape index (κ1) is 10.7. The van der Waals surface area contributed by atoms with E-state index in [0.717, 1.165) is 22.0 Å². The van der Waals surface area contributed by atoms with Crippen molar-refractivity contribution in [3.8, 4) is 5.75 Å². The van der Waals surface area contributed by atoms with E-state index in [1.54, 1.807) is 11.3 Å². The molecule has 0 saturated heterocycles. The molecule has 1 aromatic carbocycles. The van der Waals surface area contributed by atoms with E-state index in [1.807, 2.05) is 36.6 Å². The van der Waals surface area contributed by atoms with E-state index in [-0.39, 0.29) is 6.10 Å². The fourth-order valence-corrected chi connectivity index (χ4v) is 2.90. The van der Waals surface area contributed by atoms with Crippen LogP contribution in [0.2, 0.25) is 0 Å². The van der Waals surface area contributed by atoms with Gasteiger partial charge in [0.05, 0.1) is 6.10 Å². The van der Waals surface area contributed by atoms with Crippen LogP contribution in [0.3, 0.4) is 0 Å². The predicted octanol–water partition coefficient (Wildman–Crippen LogP) is 3.01. The van der Waals surface area contributed by atoms with Crippen molar-refractivity contribution in [3.05, 3.63) is 45.9 Å². The van der Waals surface area contributed by atoms with Crippen molar-refractivity contribution in [1.29, 1.82) is 0 Å². The minimum Gasteiger partial charge on any atom is -0.483 e. The number of nitrogens with zero attached hydrogens (tertiary/aromatic N) is 1. The number of aliphatic hydroxyl groups excluding tert-OH is 1. The van der Waals surface area contributed by atoms with Crippen LogP contribution >= 0.6 is 11.3 Å². The van der Waals surface area contributed by atoms with Crippen molar-refractivity contribution in [2.45, 2.75) is 25.6 Å². The minimum atomic E-state index is -0.464. The molecule has 2 heterocycles. The van der Waals surface area contributed by atoms with E-state index < -0.39 is 6.10 Å². The van der Waals surface area contributed by atoms with Gasteiger partial charge in [-0.2, -0.15) is 0 Å². The molecule has 0 radical (unpaired) electrons. The van der Waals surface area contributed by atoms with Crippen LogP contribution in [0, 0.1) is 6.92 Å². The van der Waals surface area contributed by atoms with Gasteiger partial charge in [0.2, 0.25) is 0 Å². The summed E-state index contributed by atoms with van der Waals surface area (Å²) in [5.41, 5.74) is 1.87. The molecule has 0 bridgehead atoms. The molecule has 0 amide bonds. The van der Waals surface area contributed by atoms with Crippen LogP contribution in [0.4, 0.5) is 0 Å². The van der Waals surface area contributed by atoms with Gasteiger partial charge in [-0.15, -0.1) is 11.3 Å². The van der Waals surface area contributed by atoms with Crippen molar-refractivity contribution in [2.24, 2.45) is 0 Å². The fraction of sp³-hybridized carbons (Fsp3) is 0.308. The number of hydrogen-bond donors (Lipinski definition) is 1. The lowest BCUT2D eigenvalue weighted by Crippen LogP contribution is -2.18. The monoisotopic (exact) mass is 247 g/mol. The van der Waals surface area contributed by atoms with Gasteiger partial charge in [-0.05, 0) is 13.0 Å². The number of aromatic nitrogens is 1. The second kappa shape index (κ2) is 4.13. The molecule has 1 aliphatic heterocycles. The number of ether oxygens (including phenoxy) is 1. The first-order valence-corrected chi connectivity index (χ1v) is 6.47. The number of thiazole rings is 1. The molecule has 3 rings (SSSR count). The molecular weight excluding hydrogens is 234 g/mol. The first-order valence-electron chi connectivity index (χ1n) is 5.59. The van der Waals surface area contributed by atoms with Gasteiger partial charge in [-0.1, -0.05) is 18.2 Å². The Morgan fingerprint density at radius 2 is 2.24 bits per heavy atom. The highest BCUT2D eigenvalue weighted by Gasteiger charge is 2.29. The molecule has 0 spiro atoms. The van der Waals surface area contributed by atoms with Gasteiger partial charge in [-0.25, -0.2) is 4.98 Å². The average Bonchev–Trinajstić information content (AvgIpc) is 2.76. The molecule has 1 aliphatic rings. The Morgan fingerprint density at radius 1 is 1.41 bits per heavy atom. The summed E-state index contributed by atoms with van der Waals surface area (Å²) in [5.74, 6) is 0.768. The van der Waals surface area contributed by atoms with E-state index in [9.17, 15) is 5.11 Å². The van der Waals surface area contributed by atoms with Gasteiger partial charge in [0.1, 0.15) is 10.8 Å². The van der Waals surface area contributed by atoms with Crippen LogP contribution in [0.25, 0.3) is 0 Å². The lowest BCUT2D eigenvalue weighted by molar-refractivity contribution is 0.0656. The summed E-state index contributed by atoms with van der Waals surface area (Å²) in [6.45, 7) is 1.97. The number of para-hydroxylation sites is 1. The zero-order valence-corrected chi connectivity index (χ0v) is 10.3. The van der Waals surface area contributed by atoms with Crippen LogP contribution in [0.1, 0.15) is 34.9 Å². The van der Waals surface area contributed by atoms with Crippen LogP contribution in [-0.2, 0) is 0 Å². The van der Waals surface area contributed by atoms with Gasteiger partial charge >= 0.3 is 0 Å². The standard InChI is InChI=1S/C13H13NO2S/c1-8-7-17-13(14-8)12-6-10(15)9-4-2-3-5-11(9)16-12/h2-5,7,10,12,15H,6H2,1H3/t10-,12?/m1/s1. The van der Waals surface area contributed by atoms with Crippen molar-refractivity contribution in [2.75, 3.05) is 0 Å². The molecule has 1 aromatic heterocycles. The van der Waals surface area contributed by atoms with Gasteiger partial charge in [-0.3, -0.25) is 0 Å². The minimum absolute atomic E-state index is 0.126. The maximum absolute atomic E-state index is 10.1. The molecule has 2 aromatic rings. The molecule has 3 nitrogen and oxygen atoms in total. The molecule has 4 heteroatoms. The summed E-state index contributed by atoms with van der Waals surface area (Å²) in [5, 5.41) is 13.0. The Labute approximate surface area is 104 Å². The van der Waals surface area contributed by atoms with Crippen molar-refractivity contribution in [1.82, 2.24) is 4.98 Å². The highest BCUT2D eigenvalue weighted by Crippen LogP contribution is 2.41. The van der Waals surface area contributed by atoms with Crippen LogP contribution < -0.4 is 4.74 Å². The average molecular weight is 247 g/mol. The van der Waals surface area contributed by atoms with Crippen molar-refractivity contribution >= 4 is 11.3 Å². The third-order valence-corrected chi connectivity index (χ3v) is 3.95. The molecule has 1 unspecified atom stereocenters. The van der Waals surface area contributed by atoms with Gasteiger partial charge in [0, 0.05) is 23.1 Å². The quantitative estimate of drug-likeness (QED) is 0.842. The van der Waals surface area contributed by atoms with E-state index in [4.69, 9.17) is 4.74 Å². The molecule has 1 N–H and O–H groups in total. The van der Waals surface area contributed by atoms with E-state index in [0.29, 0.717) is 6.42 Å². The molecule has 0 aliphatic carbocycles. The zero-order chi connectivity index (χ0) is 11.8. The largest absolute Gasteiger partial charge is 0.483 e. The Morgan fingerprint density at radius 3 is 3.00 bits per heavy atom. The van der Waals surface area contributed by atoms with Crippen LogP contribution in [0.5, 0.6) is 5.75 Å². The molecule has 17 heavy (non-hydrogen) atoms. The normalized spacial score (nSPS) is 22.9. The summed E-state index contributed by atoms with van der Waals surface area (Å²) >= 11 is 1.59. The van der Waals surface area contributed by atoms with Gasteiger partial charge in [0.15, 0.2) is 6.10 Å². The number of aliphatic hydroxyl groups is 1. The lowest BCUT2D eigenvalue weighted by atomic mass is 9.99. The second-order valence-corrected chi connectivity index (χ2v) is 5.11. The van der Waals surface area contributed by atoms with Crippen LogP contribution in [0.15, 0.2) is 29.6 Å². The molecular formula is C13H13NO2S. The number of aryl methyl sites for hydroxylation is 1. The summed E-state index contributed by atoms with van der Waals surface area (Å²) < 4.78 is 5.89. The Kier molecular flexibility index (Phi) is 2.61. The Hall–Kier alpha value is -1.39. The number of benzene rings is 1. The van der Waals surface area contributed by atoms with Crippen LogP contribution in [-0.4, -0.2) is 10.1 Å². The molecule has 0 saturated carbocycles. The Balaban J connectivity index is 1.93. The summed E-state index contributed by atoms with van der Waals surface area (Å²) in [6.07, 6.45) is -0.0167. The number of hydrogen-bond acceptors (Lipinski definition) is 4. The zero-order valence-electron chi connectivity index (χ0n) is 9.46. The smallest absolute Gasteiger partial charge is 0.153 e. The van der Waals surface area contributed by atoms with Gasteiger partial charge < -0.3 is 9.84 Å². The summed E-state index contributed by atoms with van der Waals surface area (Å²) in [7, 11) is 0. The second-order valence-electron chi connectivity index (χ2n) is 4.22. The van der Waals surface area contributed by atoms with Crippen molar-refractivity contribution in [3.63, 3.8) is 0 Å². The lowest BCUT2D eigenvalue weighted by Gasteiger charge is -2.28. The summed E-state index contributed by atoms with van der Waals surface area (Å²) in [4.78, 5) is 4.42. The fourth-order valence-electron chi connectivity index (χ4n) is 2.07. The van der Waals surface area contributed by atoms with E-state index >= 15 is 0 Å². The third-order valence-electron chi connectivity index (χ3n) is 2.90. The molecule has 2 atom stereocenters. The predicted molar refractivity (Wildman–Crippen MR) is 66.2 cm³/mol.